The number of fused-ring (bicyclic) bond motifs is 2. The minimum atomic E-state index is -1.60. The zero-order chi connectivity index (χ0) is 32.5. The Morgan fingerprint density at radius 3 is 2.54 bits per heavy atom. The highest BCUT2D eigenvalue weighted by Crippen LogP contribution is 2.36. The van der Waals surface area contributed by atoms with Gasteiger partial charge in [-0.15, -0.1) is 0 Å². The van der Waals surface area contributed by atoms with Crippen molar-refractivity contribution in [3.05, 3.63) is 52.5 Å². The van der Waals surface area contributed by atoms with E-state index in [0.717, 1.165) is 80.3 Å². The Morgan fingerprint density at radius 1 is 1.00 bits per heavy atom. The molecule has 5 rings (SSSR count). The summed E-state index contributed by atoms with van der Waals surface area (Å²) in [7, 11) is 0. The molecule has 3 heterocycles. The molecule has 0 N–H and O–H groups in total. The summed E-state index contributed by atoms with van der Waals surface area (Å²) in [4.78, 5) is 44.6. The molecular weight excluding hydrogens is 628 g/mol. The molecule has 3 aromatic rings. The molecule has 10 nitrogen and oxygen atoms in total. The van der Waals surface area contributed by atoms with Crippen molar-refractivity contribution in [3.8, 4) is 0 Å². The number of benzene rings is 2. The lowest BCUT2D eigenvalue weighted by atomic mass is 10.1. The number of aromatic nitrogens is 1. The topological polar surface area (TPSA) is 102 Å². The zero-order valence-electron chi connectivity index (χ0n) is 26.7. The number of hydrogen-bond acceptors (Lipinski definition) is 10. The lowest BCUT2D eigenvalue weighted by Gasteiger charge is -2.35. The highest BCUT2D eigenvalue weighted by molar-refractivity contribution is 7.13. The van der Waals surface area contributed by atoms with Gasteiger partial charge < -0.3 is 19.1 Å². The molecule has 0 radical (unpaired) electrons. The quantitative estimate of drug-likeness (QED) is 0.131. The first-order valence-electron chi connectivity index (χ1n) is 16.3. The molecule has 2 aromatic carbocycles. The first-order valence-corrected chi connectivity index (χ1v) is 17.5. The summed E-state index contributed by atoms with van der Waals surface area (Å²) in [5.74, 6) is -0.159. The summed E-state index contributed by atoms with van der Waals surface area (Å²) in [6.07, 6.45) is 4.36. The van der Waals surface area contributed by atoms with Crippen LogP contribution in [0.2, 0.25) is 5.02 Å². The summed E-state index contributed by atoms with van der Waals surface area (Å²) < 4.78 is 21.7. The number of piperazine rings is 1. The average molecular weight is 671 g/mol. The Labute approximate surface area is 279 Å². The molecule has 46 heavy (non-hydrogen) atoms. The number of esters is 1. The largest absolute Gasteiger partial charge is 0.510 e. The molecular formula is C34H43ClN4O6S. The smallest absolute Gasteiger partial charge is 0.462 e. The van der Waals surface area contributed by atoms with Gasteiger partial charge >= 0.3 is 12.1 Å². The van der Waals surface area contributed by atoms with Crippen LogP contribution < -0.4 is 9.80 Å². The van der Waals surface area contributed by atoms with Gasteiger partial charge in [-0.05, 0) is 60.6 Å². The molecule has 1 amide bonds. The Bertz CT molecular complexity index is 1510. The second-order valence-electron chi connectivity index (χ2n) is 11.7. The molecule has 1 aromatic heterocycles. The van der Waals surface area contributed by atoms with Crippen LogP contribution in [0.4, 0.5) is 16.3 Å². The van der Waals surface area contributed by atoms with Gasteiger partial charge in [0.05, 0.1) is 30.0 Å². The Balaban J connectivity index is 1.17. The van der Waals surface area contributed by atoms with Crippen molar-refractivity contribution in [2.24, 2.45) is 0 Å². The highest BCUT2D eigenvalue weighted by atomic mass is 35.5. The van der Waals surface area contributed by atoms with E-state index in [9.17, 15) is 14.4 Å². The SMILES string of the molecule is CCCCCCCCOC(=O)OC(C(=O)OCC)N1C(=O)Cc2cc(CCN3CCN(c4nsc5ccccc45)CC3)c(Cl)cc21. The fourth-order valence-electron chi connectivity index (χ4n) is 6.00. The molecule has 0 spiro atoms. The molecule has 1 saturated heterocycles. The van der Waals surface area contributed by atoms with Crippen molar-refractivity contribution >= 4 is 62.8 Å². The predicted molar refractivity (Wildman–Crippen MR) is 181 cm³/mol. The predicted octanol–water partition coefficient (Wildman–Crippen LogP) is 6.61. The first-order chi connectivity index (χ1) is 22.4. The second kappa shape index (κ2) is 16.4. The number of hydrogen-bond donors (Lipinski definition) is 0. The van der Waals surface area contributed by atoms with E-state index in [2.05, 4.69) is 34.9 Å². The van der Waals surface area contributed by atoms with E-state index in [4.69, 9.17) is 30.2 Å². The number of halogens is 1. The Hall–Kier alpha value is -3.41. The minimum Gasteiger partial charge on any atom is -0.462 e. The van der Waals surface area contributed by atoms with Gasteiger partial charge in [0.2, 0.25) is 5.91 Å². The number of anilines is 2. The van der Waals surface area contributed by atoms with Gasteiger partial charge in [0, 0.05) is 43.1 Å². The van der Waals surface area contributed by atoms with Crippen molar-refractivity contribution in [1.82, 2.24) is 9.27 Å². The van der Waals surface area contributed by atoms with Crippen LogP contribution in [0.3, 0.4) is 0 Å². The summed E-state index contributed by atoms with van der Waals surface area (Å²) in [6.45, 7) is 8.48. The molecule has 248 valence electrons. The summed E-state index contributed by atoms with van der Waals surface area (Å²) in [6, 6.07) is 11.9. The van der Waals surface area contributed by atoms with Crippen LogP contribution in [0.1, 0.15) is 63.5 Å². The van der Waals surface area contributed by atoms with E-state index in [0.29, 0.717) is 23.6 Å². The van der Waals surface area contributed by atoms with Gasteiger partial charge in [0.1, 0.15) is 5.82 Å². The maximum absolute atomic E-state index is 13.2. The molecule has 2 aliphatic heterocycles. The van der Waals surface area contributed by atoms with E-state index in [1.165, 1.54) is 28.0 Å². The molecule has 1 unspecified atom stereocenters. The molecule has 12 heteroatoms. The van der Waals surface area contributed by atoms with Crippen LogP contribution in [-0.4, -0.2) is 79.5 Å². The van der Waals surface area contributed by atoms with Gasteiger partial charge in [-0.25, -0.2) is 9.59 Å². The minimum absolute atomic E-state index is 0.0614. The van der Waals surface area contributed by atoms with E-state index in [-0.39, 0.29) is 25.5 Å². The van der Waals surface area contributed by atoms with Crippen molar-refractivity contribution in [1.29, 1.82) is 0 Å². The van der Waals surface area contributed by atoms with Crippen LogP contribution in [0.25, 0.3) is 10.1 Å². The van der Waals surface area contributed by atoms with Gasteiger partial charge in [-0.2, -0.15) is 4.37 Å². The summed E-state index contributed by atoms with van der Waals surface area (Å²) in [5, 5.41) is 1.69. The monoisotopic (exact) mass is 670 g/mol. The molecule has 2 aliphatic rings. The highest BCUT2D eigenvalue weighted by Gasteiger charge is 2.41. The molecule has 0 saturated carbocycles. The van der Waals surface area contributed by atoms with E-state index >= 15 is 0 Å². The van der Waals surface area contributed by atoms with Gasteiger partial charge in [0.15, 0.2) is 0 Å². The van der Waals surface area contributed by atoms with Gasteiger partial charge in [-0.3, -0.25) is 14.6 Å². The van der Waals surface area contributed by atoms with E-state index < -0.39 is 18.4 Å². The zero-order valence-corrected chi connectivity index (χ0v) is 28.2. The number of unbranched alkanes of at least 4 members (excludes halogenated alkanes) is 5. The second-order valence-corrected chi connectivity index (χ2v) is 12.9. The van der Waals surface area contributed by atoms with Crippen molar-refractivity contribution in [2.45, 2.75) is 71.4 Å². The van der Waals surface area contributed by atoms with Gasteiger partial charge in [-0.1, -0.05) is 68.8 Å². The van der Waals surface area contributed by atoms with Crippen LogP contribution in [0.5, 0.6) is 0 Å². The number of rotatable bonds is 15. The van der Waals surface area contributed by atoms with Crippen molar-refractivity contribution in [3.63, 3.8) is 0 Å². The first kappa shape index (κ1) is 33.9. The standard InChI is InChI=1S/C34H43ClN4O6S/c1-3-5-6-7-8-11-20-44-34(42)45-32(33(41)43-4-2)39-28-23-27(35)24(21-25(28)22-30(39)40)14-15-37-16-18-38(19-17-37)31-26-12-9-10-13-29(26)46-36-31/h9-10,12-13,21,23,32H,3-8,11,14-20,22H2,1-2H3. The number of amides is 1. The lowest BCUT2D eigenvalue weighted by molar-refractivity contribution is -0.155. The number of nitrogens with zero attached hydrogens (tertiary/aromatic N) is 4. The number of ether oxygens (including phenoxy) is 3. The van der Waals surface area contributed by atoms with Crippen LogP contribution in [-0.2, 0) is 36.6 Å². The maximum atomic E-state index is 13.2. The lowest BCUT2D eigenvalue weighted by Crippen LogP contribution is -2.47. The van der Waals surface area contributed by atoms with Gasteiger partial charge in [0.25, 0.3) is 6.23 Å². The molecule has 1 fully saturated rings. The van der Waals surface area contributed by atoms with Crippen LogP contribution in [0, 0.1) is 0 Å². The van der Waals surface area contributed by atoms with Crippen LogP contribution in [0.15, 0.2) is 36.4 Å². The third-order valence-corrected chi connectivity index (χ3v) is 9.66. The number of carbonyl (C=O) groups excluding carboxylic acids is 3. The fraction of sp³-hybridized carbons (Fsp3) is 0.529. The third-order valence-electron chi connectivity index (χ3n) is 8.49. The van der Waals surface area contributed by atoms with Crippen molar-refractivity contribution < 1.29 is 28.6 Å². The Morgan fingerprint density at radius 2 is 1.76 bits per heavy atom. The van der Waals surface area contributed by atoms with E-state index in [1.54, 1.807) is 13.0 Å². The number of carbonyl (C=O) groups is 3. The molecule has 0 aliphatic carbocycles. The third kappa shape index (κ3) is 8.29. The van der Waals surface area contributed by atoms with Crippen molar-refractivity contribution in [2.75, 3.05) is 55.7 Å². The average Bonchev–Trinajstić information content (AvgIpc) is 3.62. The summed E-state index contributed by atoms with van der Waals surface area (Å²) in [5.41, 5.74) is 2.09. The fourth-order valence-corrected chi connectivity index (χ4v) is 7.05. The van der Waals surface area contributed by atoms with E-state index in [1.807, 2.05) is 12.1 Å². The summed E-state index contributed by atoms with van der Waals surface area (Å²) >= 11 is 8.28. The maximum Gasteiger partial charge on any atom is 0.510 e. The molecule has 1 atom stereocenters. The Kier molecular flexibility index (Phi) is 12.1. The normalized spacial score (nSPS) is 15.7. The molecule has 0 bridgehead atoms. The van der Waals surface area contributed by atoms with Crippen LogP contribution >= 0.6 is 23.1 Å².